The third kappa shape index (κ3) is 3.11. The predicted octanol–water partition coefficient (Wildman–Crippen LogP) is 1.69. The fourth-order valence-corrected chi connectivity index (χ4v) is 3.43. The SMILES string of the molecule is c1cnc(N2CCCN(c3ccc4nnc(-c5ccncc5)n4n3)CC2)nc1. The Morgan fingerprint density at radius 2 is 1.54 bits per heavy atom. The number of rotatable bonds is 3. The normalized spacial score (nSPS) is 15.0. The summed E-state index contributed by atoms with van der Waals surface area (Å²) in [5.74, 6) is 2.42. The van der Waals surface area contributed by atoms with Gasteiger partial charge < -0.3 is 9.80 Å². The molecule has 1 aliphatic rings. The van der Waals surface area contributed by atoms with E-state index in [9.17, 15) is 0 Å². The van der Waals surface area contributed by atoms with Crippen LogP contribution in [0.25, 0.3) is 17.0 Å². The minimum absolute atomic E-state index is 0.716. The number of fused-ring (bicyclic) bond motifs is 1. The maximum absolute atomic E-state index is 4.82. The lowest BCUT2D eigenvalue weighted by Gasteiger charge is -2.22. The topological polar surface area (TPSA) is 88.2 Å². The molecule has 5 heterocycles. The average Bonchev–Trinajstić information content (AvgIpc) is 3.03. The lowest BCUT2D eigenvalue weighted by atomic mass is 10.2. The van der Waals surface area contributed by atoms with Gasteiger partial charge in [0, 0.05) is 56.5 Å². The van der Waals surface area contributed by atoms with Crippen molar-refractivity contribution in [2.45, 2.75) is 6.42 Å². The van der Waals surface area contributed by atoms with Gasteiger partial charge in [-0.25, -0.2) is 9.97 Å². The third-order valence-corrected chi connectivity index (χ3v) is 4.84. The molecule has 0 saturated carbocycles. The summed E-state index contributed by atoms with van der Waals surface area (Å²) in [6.07, 6.45) is 8.07. The molecule has 4 aromatic heterocycles. The maximum atomic E-state index is 4.82. The van der Waals surface area contributed by atoms with Crippen LogP contribution in [0.1, 0.15) is 6.42 Å². The monoisotopic (exact) mass is 373 g/mol. The van der Waals surface area contributed by atoms with Crippen LogP contribution in [-0.4, -0.2) is 60.9 Å². The van der Waals surface area contributed by atoms with Crippen LogP contribution >= 0.6 is 0 Å². The summed E-state index contributed by atoms with van der Waals surface area (Å²) in [5.41, 5.74) is 1.67. The molecule has 0 unspecified atom stereocenters. The molecule has 0 aliphatic carbocycles. The predicted molar refractivity (Wildman–Crippen MR) is 105 cm³/mol. The molecule has 0 N–H and O–H groups in total. The Kier molecular flexibility index (Phi) is 4.24. The second-order valence-electron chi connectivity index (χ2n) is 6.60. The molecule has 140 valence electrons. The van der Waals surface area contributed by atoms with E-state index >= 15 is 0 Å². The minimum Gasteiger partial charge on any atom is -0.353 e. The van der Waals surface area contributed by atoms with Gasteiger partial charge in [0.05, 0.1) is 0 Å². The van der Waals surface area contributed by atoms with Crippen LogP contribution in [0.2, 0.25) is 0 Å². The average molecular weight is 373 g/mol. The molecular formula is C19H19N9. The van der Waals surface area contributed by atoms with Crippen LogP contribution in [0.15, 0.2) is 55.1 Å². The van der Waals surface area contributed by atoms with E-state index in [1.54, 1.807) is 29.3 Å². The van der Waals surface area contributed by atoms with Crippen molar-refractivity contribution in [2.75, 3.05) is 36.0 Å². The van der Waals surface area contributed by atoms with Crippen LogP contribution in [0.5, 0.6) is 0 Å². The van der Waals surface area contributed by atoms with Crippen molar-refractivity contribution in [3.8, 4) is 11.4 Å². The highest BCUT2D eigenvalue weighted by Crippen LogP contribution is 2.20. The van der Waals surface area contributed by atoms with Gasteiger partial charge in [-0.15, -0.1) is 15.3 Å². The number of nitrogens with zero attached hydrogens (tertiary/aromatic N) is 9. The van der Waals surface area contributed by atoms with Crippen molar-refractivity contribution in [2.24, 2.45) is 0 Å². The molecule has 5 rings (SSSR count). The fourth-order valence-electron chi connectivity index (χ4n) is 3.43. The van der Waals surface area contributed by atoms with Crippen molar-refractivity contribution < 1.29 is 0 Å². The largest absolute Gasteiger partial charge is 0.353 e. The van der Waals surface area contributed by atoms with Gasteiger partial charge in [-0.2, -0.15) is 4.52 Å². The number of anilines is 2. The maximum Gasteiger partial charge on any atom is 0.225 e. The van der Waals surface area contributed by atoms with Gasteiger partial charge in [0.25, 0.3) is 0 Å². The Balaban J connectivity index is 1.42. The number of aromatic nitrogens is 7. The molecular weight excluding hydrogens is 354 g/mol. The smallest absolute Gasteiger partial charge is 0.225 e. The van der Waals surface area contributed by atoms with Gasteiger partial charge in [0.1, 0.15) is 5.82 Å². The van der Waals surface area contributed by atoms with Gasteiger partial charge in [-0.05, 0) is 36.8 Å². The summed E-state index contributed by atoms with van der Waals surface area (Å²) in [6.45, 7) is 3.55. The molecule has 28 heavy (non-hydrogen) atoms. The van der Waals surface area contributed by atoms with Crippen LogP contribution in [0.4, 0.5) is 11.8 Å². The van der Waals surface area contributed by atoms with Crippen LogP contribution in [0.3, 0.4) is 0 Å². The van der Waals surface area contributed by atoms with Crippen molar-refractivity contribution in [3.05, 3.63) is 55.1 Å². The number of hydrogen-bond acceptors (Lipinski definition) is 8. The van der Waals surface area contributed by atoms with E-state index in [0.717, 1.165) is 55.6 Å². The summed E-state index contributed by atoms with van der Waals surface area (Å²) in [7, 11) is 0. The van der Waals surface area contributed by atoms with Gasteiger partial charge in [-0.3, -0.25) is 4.98 Å². The Bertz CT molecular complexity index is 1060. The quantitative estimate of drug-likeness (QED) is 0.536. The first-order valence-electron chi connectivity index (χ1n) is 9.28. The van der Waals surface area contributed by atoms with E-state index in [2.05, 4.69) is 34.9 Å². The zero-order valence-corrected chi connectivity index (χ0v) is 15.3. The van der Waals surface area contributed by atoms with E-state index in [4.69, 9.17) is 5.10 Å². The number of pyridine rings is 1. The first kappa shape index (κ1) is 16.5. The summed E-state index contributed by atoms with van der Waals surface area (Å²) in [6, 6.07) is 9.63. The molecule has 9 nitrogen and oxygen atoms in total. The lowest BCUT2D eigenvalue weighted by molar-refractivity contribution is 0.776. The van der Waals surface area contributed by atoms with Crippen molar-refractivity contribution >= 4 is 17.4 Å². The second kappa shape index (κ2) is 7.18. The first-order valence-corrected chi connectivity index (χ1v) is 9.28. The molecule has 1 saturated heterocycles. The van der Waals surface area contributed by atoms with E-state index in [1.165, 1.54) is 0 Å². The van der Waals surface area contributed by atoms with Crippen molar-refractivity contribution in [1.82, 2.24) is 34.8 Å². The molecule has 0 amide bonds. The van der Waals surface area contributed by atoms with Crippen LogP contribution < -0.4 is 9.80 Å². The summed E-state index contributed by atoms with van der Waals surface area (Å²) >= 11 is 0. The lowest BCUT2D eigenvalue weighted by Crippen LogP contribution is -2.32. The molecule has 4 aromatic rings. The van der Waals surface area contributed by atoms with E-state index in [-0.39, 0.29) is 0 Å². The molecule has 0 atom stereocenters. The van der Waals surface area contributed by atoms with Crippen molar-refractivity contribution in [3.63, 3.8) is 0 Å². The second-order valence-corrected chi connectivity index (χ2v) is 6.60. The van der Waals surface area contributed by atoms with Crippen LogP contribution in [-0.2, 0) is 0 Å². The first-order chi connectivity index (χ1) is 13.9. The fraction of sp³-hybridized carbons (Fsp3) is 0.263. The highest BCUT2D eigenvalue weighted by atomic mass is 15.4. The molecule has 1 fully saturated rings. The molecule has 0 spiro atoms. The highest BCUT2D eigenvalue weighted by Gasteiger charge is 2.19. The molecule has 9 heteroatoms. The van der Waals surface area contributed by atoms with Gasteiger partial charge in [-0.1, -0.05) is 0 Å². The minimum atomic E-state index is 0.716. The van der Waals surface area contributed by atoms with Gasteiger partial charge in [0.2, 0.25) is 5.95 Å². The highest BCUT2D eigenvalue weighted by molar-refractivity contribution is 5.59. The van der Waals surface area contributed by atoms with Crippen molar-refractivity contribution in [1.29, 1.82) is 0 Å². The zero-order chi connectivity index (χ0) is 18.8. The Morgan fingerprint density at radius 3 is 2.39 bits per heavy atom. The summed E-state index contributed by atoms with van der Waals surface area (Å²) in [4.78, 5) is 17.3. The van der Waals surface area contributed by atoms with E-state index < -0.39 is 0 Å². The standard InChI is InChI=1S/C19H19N9/c1-7-21-19(22-8-1)27-12-2-11-26(13-14-27)17-4-3-16-23-24-18(28(16)25-17)15-5-9-20-10-6-15/h1,3-10H,2,11-14H2. The van der Waals surface area contributed by atoms with Crippen LogP contribution in [0, 0.1) is 0 Å². The van der Waals surface area contributed by atoms with E-state index in [1.807, 2.05) is 30.3 Å². The molecule has 0 aromatic carbocycles. The molecule has 0 radical (unpaired) electrons. The van der Waals surface area contributed by atoms with Gasteiger partial charge >= 0.3 is 0 Å². The Labute approximate surface area is 161 Å². The summed E-state index contributed by atoms with van der Waals surface area (Å²) in [5, 5.41) is 13.4. The van der Waals surface area contributed by atoms with E-state index in [0.29, 0.717) is 5.82 Å². The molecule has 0 bridgehead atoms. The molecule has 1 aliphatic heterocycles. The summed E-state index contributed by atoms with van der Waals surface area (Å²) < 4.78 is 1.80. The third-order valence-electron chi connectivity index (χ3n) is 4.84. The Morgan fingerprint density at radius 1 is 0.750 bits per heavy atom. The Hall–Kier alpha value is -3.62. The van der Waals surface area contributed by atoms with Gasteiger partial charge in [0.15, 0.2) is 11.5 Å². The zero-order valence-electron chi connectivity index (χ0n) is 15.3. The number of hydrogen-bond donors (Lipinski definition) is 0.